The van der Waals surface area contributed by atoms with E-state index in [0.29, 0.717) is 11.3 Å². The molecule has 0 radical (unpaired) electrons. The Bertz CT molecular complexity index is 519. The maximum absolute atomic E-state index is 12.3. The van der Waals surface area contributed by atoms with E-state index in [-0.39, 0.29) is 18.1 Å². The summed E-state index contributed by atoms with van der Waals surface area (Å²) in [5.41, 5.74) is 0.832. The summed E-state index contributed by atoms with van der Waals surface area (Å²) < 4.78 is 0. The number of hydrogen-bond donors (Lipinski definition) is 2. The fourth-order valence-electron chi connectivity index (χ4n) is 2.29. The summed E-state index contributed by atoms with van der Waals surface area (Å²) in [4.78, 5) is 16.4. The van der Waals surface area contributed by atoms with Crippen molar-refractivity contribution in [3.8, 4) is 11.8 Å². The van der Waals surface area contributed by atoms with Crippen molar-refractivity contribution in [3.05, 3.63) is 29.6 Å². The van der Waals surface area contributed by atoms with Gasteiger partial charge in [0, 0.05) is 11.7 Å². The highest BCUT2D eigenvalue weighted by molar-refractivity contribution is 5.95. The predicted molar refractivity (Wildman–Crippen MR) is 72.5 cm³/mol. The SMILES string of the molecule is CCC1(NC(=O)c2ncccc2C#CCO)CCC1. The maximum atomic E-state index is 12.3. The van der Waals surface area contributed by atoms with Crippen LogP contribution in [0.2, 0.25) is 0 Å². The van der Waals surface area contributed by atoms with E-state index in [2.05, 4.69) is 29.1 Å². The number of carbonyl (C=O) groups excluding carboxylic acids is 1. The molecule has 1 fully saturated rings. The summed E-state index contributed by atoms with van der Waals surface area (Å²) in [5.74, 6) is 5.13. The van der Waals surface area contributed by atoms with Crippen molar-refractivity contribution in [3.63, 3.8) is 0 Å². The van der Waals surface area contributed by atoms with Crippen LogP contribution < -0.4 is 5.32 Å². The first-order valence-electron chi connectivity index (χ1n) is 6.58. The van der Waals surface area contributed by atoms with E-state index in [4.69, 9.17) is 5.11 Å². The number of carbonyl (C=O) groups is 1. The standard InChI is InChI=1S/C15H18N2O2/c1-2-15(8-5-9-15)17-14(19)13-12(7-4-11-18)6-3-10-16-13/h3,6,10,18H,2,5,8-9,11H2,1H3,(H,17,19). The van der Waals surface area contributed by atoms with Gasteiger partial charge < -0.3 is 10.4 Å². The minimum absolute atomic E-state index is 0.0592. The average Bonchev–Trinajstić information content (AvgIpc) is 2.40. The zero-order valence-electron chi connectivity index (χ0n) is 11.1. The molecule has 1 amide bonds. The van der Waals surface area contributed by atoms with Crippen LogP contribution in [0.4, 0.5) is 0 Å². The zero-order chi connectivity index (χ0) is 13.7. The molecular weight excluding hydrogens is 240 g/mol. The van der Waals surface area contributed by atoms with Crippen molar-refractivity contribution in [1.29, 1.82) is 0 Å². The Morgan fingerprint density at radius 2 is 2.37 bits per heavy atom. The van der Waals surface area contributed by atoms with Crippen LogP contribution >= 0.6 is 0 Å². The minimum atomic E-state index is -0.227. The number of aromatic nitrogens is 1. The molecule has 0 aromatic carbocycles. The lowest BCUT2D eigenvalue weighted by atomic mass is 9.75. The second kappa shape index (κ2) is 5.85. The molecule has 19 heavy (non-hydrogen) atoms. The minimum Gasteiger partial charge on any atom is -0.384 e. The molecule has 2 rings (SSSR count). The Hall–Kier alpha value is -1.86. The first kappa shape index (κ1) is 13.6. The molecule has 1 aliphatic carbocycles. The number of aliphatic hydroxyl groups is 1. The molecule has 0 aliphatic heterocycles. The lowest BCUT2D eigenvalue weighted by molar-refractivity contribution is 0.0815. The average molecular weight is 258 g/mol. The van der Waals surface area contributed by atoms with Gasteiger partial charge >= 0.3 is 0 Å². The quantitative estimate of drug-likeness (QED) is 0.807. The van der Waals surface area contributed by atoms with E-state index in [0.717, 1.165) is 25.7 Å². The third kappa shape index (κ3) is 2.94. The fraction of sp³-hybridized carbons (Fsp3) is 0.467. The van der Waals surface area contributed by atoms with E-state index in [9.17, 15) is 4.79 Å². The molecule has 1 aromatic rings. The van der Waals surface area contributed by atoms with Crippen LogP contribution in [-0.4, -0.2) is 28.1 Å². The molecule has 2 N–H and O–H groups in total. The molecule has 0 atom stereocenters. The molecule has 1 saturated carbocycles. The van der Waals surface area contributed by atoms with Gasteiger partial charge in [0.1, 0.15) is 12.3 Å². The number of pyridine rings is 1. The molecule has 0 unspecified atom stereocenters. The Balaban J connectivity index is 2.19. The number of nitrogens with zero attached hydrogens (tertiary/aromatic N) is 1. The van der Waals surface area contributed by atoms with Crippen molar-refractivity contribution in [1.82, 2.24) is 10.3 Å². The predicted octanol–water partition coefficient (Wildman–Crippen LogP) is 1.49. The molecule has 100 valence electrons. The van der Waals surface area contributed by atoms with Gasteiger partial charge in [0.25, 0.3) is 5.91 Å². The molecule has 4 nitrogen and oxygen atoms in total. The van der Waals surface area contributed by atoms with Crippen molar-refractivity contribution in [2.45, 2.75) is 38.1 Å². The summed E-state index contributed by atoms with van der Waals surface area (Å²) in [6.07, 6.45) is 5.73. The van der Waals surface area contributed by atoms with Crippen molar-refractivity contribution in [2.75, 3.05) is 6.61 Å². The third-order valence-electron chi connectivity index (χ3n) is 3.69. The summed E-state index contributed by atoms with van der Waals surface area (Å²) >= 11 is 0. The smallest absolute Gasteiger partial charge is 0.271 e. The van der Waals surface area contributed by atoms with Gasteiger partial charge in [-0.3, -0.25) is 4.79 Å². The van der Waals surface area contributed by atoms with Gasteiger partial charge in [0.15, 0.2) is 0 Å². The molecule has 4 heteroatoms. The molecule has 1 aromatic heterocycles. The number of aliphatic hydroxyl groups excluding tert-OH is 1. The summed E-state index contributed by atoms with van der Waals surface area (Å²) in [6.45, 7) is 1.86. The first-order valence-corrected chi connectivity index (χ1v) is 6.58. The van der Waals surface area contributed by atoms with E-state index >= 15 is 0 Å². The lowest BCUT2D eigenvalue weighted by Gasteiger charge is -2.41. The van der Waals surface area contributed by atoms with Gasteiger partial charge in [-0.05, 0) is 37.8 Å². The van der Waals surface area contributed by atoms with Crippen molar-refractivity contribution < 1.29 is 9.90 Å². The van der Waals surface area contributed by atoms with Crippen LogP contribution in [0.15, 0.2) is 18.3 Å². The second-order valence-corrected chi connectivity index (χ2v) is 4.80. The van der Waals surface area contributed by atoms with Crippen LogP contribution in [0.25, 0.3) is 0 Å². The first-order chi connectivity index (χ1) is 9.21. The number of hydrogen-bond acceptors (Lipinski definition) is 3. The number of amides is 1. The lowest BCUT2D eigenvalue weighted by Crippen LogP contribution is -2.53. The van der Waals surface area contributed by atoms with Crippen molar-refractivity contribution in [2.24, 2.45) is 0 Å². The van der Waals surface area contributed by atoms with E-state index in [1.165, 1.54) is 0 Å². The number of nitrogens with one attached hydrogen (secondary N) is 1. The van der Waals surface area contributed by atoms with Gasteiger partial charge in [0.2, 0.25) is 0 Å². The van der Waals surface area contributed by atoms with Crippen LogP contribution in [-0.2, 0) is 0 Å². The van der Waals surface area contributed by atoms with Crippen LogP contribution in [0, 0.1) is 11.8 Å². The van der Waals surface area contributed by atoms with Gasteiger partial charge in [-0.15, -0.1) is 0 Å². The zero-order valence-corrected chi connectivity index (χ0v) is 11.1. The van der Waals surface area contributed by atoms with Crippen molar-refractivity contribution >= 4 is 5.91 Å². The van der Waals surface area contributed by atoms with Gasteiger partial charge in [-0.1, -0.05) is 18.8 Å². The van der Waals surface area contributed by atoms with E-state index < -0.39 is 0 Å². The summed E-state index contributed by atoms with van der Waals surface area (Å²) in [7, 11) is 0. The molecule has 0 spiro atoms. The molecular formula is C15H18N2O2. The molecule has 1 heterocycles. The highest BCUT2D eigenvalue weighted by Crippen LogP contribution is 2.34. The highest BCUT2D eigenvalue weighted by Gasteiger charge is 2.37. The topological polar surface area (TPSA) is 62.2 Å². The monoisotopic (exact) mass is 258 g/mol. The normalized spacial score (nSPS) is 15.9. The Morgan fingerprint density at radius 1 is 1.58 bits per heavy atom. The maximum Gasteiger partial charge on any atom is 0.271 e. The summed E-state index contributed by atoms with van der Waals surface area (Å²) in [5, 5.41) is 11.8. The Morgan fingerprint density at radius 3 is 2.95 bits per heavy atom. The fourth-order valence-corrected chi connectivity index (χ4v) is 2.29. The van der Waals surface area contributed by atoms with Crippen LogP contribution in [0.3, 0.4) is 0 Å². The Kier molecular flexibility index (Phi) is 4.18. The van der Waals surface area contributed by atoms with Gasteiger partial charge in [-0.2, -0.15) is 0 Å². The van der Waals surface area contributed by atoms with Crippen LogP contribution in [0.1, 0.15) is 48.7 Å². The third-order valence-corrected chi connectivity index (χ3v) is 3.69. The Labute approximate surface area is 113 Å². The van der Waals surface area contributed by atoms with Gasteiger partial charge in [0.05, 0.1) is 5.56 Å². The van der Waals surface area contributed by atoms with Crippen LogP contribution in [0.5, 0.6) is 0 Å². The second-order valence-electron chi connectivity index (χ2n) is 4.80. The van der Waals surface area contributed by atoms with Gasteiger partial charge in [-0.25, -0.2) is 4.98 Å². The molecule has 0 bridgehead atoms. The van der Waals surface area contributed by atoms with E-state index in [1.54, 1.807) is 18.3 Å². The molecule has 0 saturated heterocycles. The number of rotatable bonds is 3. The molecule has 1 aliphatic rings. The highest BCUT2D eigenvalue weighted by atomic mass is 16.2. The largest absolute Gasteiger partial charge is 0.384 e. The van der Waals surface area contributed by atoms with E-state index in [1.807, 2.05) is 0 Å². The summed E-state index contributed by atoms with van der Waals surface area (Å²) in [6, 6.07) is 3.47.